The van der Waals surface area contributed by atoms with Crippen LogP contribution in [0.4, 0.5) is 0 Å². The van der Waals surface area contributed by atoms with Crippen LogP contribution in [0.1, 0.15) is 12.5 Å². The van der Waals surface area contributed by atoms with Gasteiger partial charge in [-0.2, -0.15) is 0 Å². The normalized spacial score (nSPS) is 11.9. The fourth-order valence-corrected chi connectivity index (χ4v) is 1.67. The number of allylic oxidation sites excluding steroid dienone is 3. The van der Waals surface area contributed by atoms with Crippen molar-refractivity contribution in [3.05, 3.63) is 84.2 Å². The van der Waals surface area contributed by atoms with Gasteiger partial charge in [0.1, 0.15) is 0 Å². The largest absolute Gasteiger partial charge is 0.201 e. The molecular formula is C17H18N+. The van der Waals surface area contributed by atoms with Crippen molar-refractivity contribution in [1.82, 2.24) is 0 Å². The van der Waals surface area contributed by atoms with Gasteiger partial charge < -0.3 is 0 Å². The van der Waals surface area contributed by atoms with Crippen LogP contribution in [0, 0.1) is 0 Å². The first-order chi connectivity index (χ1) is 8.84. The Kier molecular flexibility index (Phi) is 4.48. The second-order valence-corrected chi connectivity index (χ2v) is 4.26. The second kappa shape index (κ2) is 6.55. The Morgan fingerprint density at radius 2 is 1.67 bits per heavy atom. The molecule has 90 valence electrons. The maximum Gasteiger partial charge on any atom is 0.169 e. The Morgan fingerprint density at radius 3 is 2.39 bits per heavy atom. The maximum absolute atomic E-state index is 2.22. The predicted molar refractivity (Wildman–Crippen MR) is 75.9 cm³/mol. The Bertz CT molecular complexity index is 524. The van der Waals surface area contributed by atoms with Crippen LogP contribution in [0.15, 0.2) is 78.6 Å². The van der Waals surface area contributed by atoms with E-state index in [2.05, 4.69) is 66.4 Å². The molecule has 0 bridgehead atoms. The first kappa shape index (κ1) is 12.3. The van der Waals surface area contributed by atoms with Crippen LogP contribution in [0.2, 0.25) is 0 Å². The predicted octanol–water partition coefficient (Wildman–Crippen LogP) is 3.63. The molecule has 0 radical (unpaired) electrons. The fourth-order valence-electron chi connectivity index (χ4n) is 1.67. The first-order valence-corrected chi connectivity index (χ1v) is 6.18. The van der Waals surface area contributed by atoms with E-state index in [0.717, 1.165) is 6.54 Å². The van der Waals surface area contributed by atoms with E-state index >= 15 is 0 Å². The summed E-state index contributed by atoms with van der Waals surface area (Å²) in [5, 5.41) is 0. The minimum Gasteiger partial charge on any atom is -0.201 e. The lowest BCUT2D eigenvalue weighted by Crippen LogP contribution is -2.31. The van der Waals surface area contributed by atoms with Crippen molar-refractivity contribution in [2.45, 2.75) is 13.5 Å². The van der Waals surface area contributed by atoms with Crippen molar-refractivity contribution in [2.75, 3.05) is 0 Å². The number of hydrogen-bond acceptors (Lipinski definition) is 0. The number of rotatable bonds is 4. The minimum absolute atomic E-state index is 0.909. The number of pyridine rings is 1. The summed E-state index contributed by atoms with van der Waals surface area (Å²) in [5.74, 6) is 0. The van der Waals surface area contributed by atoms with Crippen LogP contribution in [0.5, 0.6) is 0 Å². The summed E-state index contributed by atoms with van der Waals surface area (Å²) in [7, 11) is 0. The number of aromatic nitrogens is 1. The highest BCUT2D eigenvalue weighted by molar-refractivity contribution is 5.52. The van der Waals surface area contributed by atoms with Gasteiger partial charge in [0, 0.05) is 12.1 Å². The standard InChI is InChI=1S/C17H18N/c1-16(10-11-17-8-4-2-5-9-17)12-15-18-13-6-3-7-14-18/h2-14H,15H2,1H3/q+1/b11-10-,16-12-. The molecule has 0 fully saturated rings. The van der Waals surface area contributed by atoms with Crippen LogP contribution in [-0.4, -0.2) is 0 Å². The van der Waals surface area contributed by atoms with Crippen LogP contribution in [0.25, 0.3) is 6.08 Å². The first-order valence-electron chi connectivity index (χ1n) is 6.18. The van der Waals surface area contributed by atoms with E-state index in [1.54, 1.807) is 0 Å². The van der Waals surface area contributed by atoms with Crippen molar-refractivity contribution in [2.24, 2.45) is 0 Å². The molecule has 1 heterocycles. The molecule has 0 aliphatic rings. The summed E-state index contributed by atoms with van der Waals surface area (Å²) >= 11 is 0. The van der Waals surface area contributed by atoms with Crippen LogP contribution < -0.4 is 4.57 Å². The van der Waals surface area contributed by atoms with Gasteiger partial charge >= 0.3 is 0 Å². The summed E-state index contributed by atoms with van der Waals surface area (Å²) in [4.78, 5) is 0. The highest BCUT2D eigenvalue weighted by Crippen LogP contribution is 2.04. The molecule has 0 saturated carbocycles. The summed E-state index contributed by atoms with van der Waals surface area (Å²) in [6.45, 7) is 3.04. The molecule has 1 aromatic heterocycles. The summed E-state index contributed by atoms with van der Waals surface area (Å²) < 4.78 is 2.15. The molecule has 0 atom stereocenters. The third-order valence-corrected chi connectivity index (χ3v) is 2.74. The zero-order chi connectivity index (χ0) is 12.6. The van der Waals surface area contributed by atoms with Crippen molar-refractivity contribution in [1.29, 1.82) is 0 Å². The minimum atomic E-state index is 0.909. The van der Waals surface area contributed by atoms with Gasteiger partial charge in [0.15, 0.2) is 18.9 Å². The Labute approximate surface area is 109 Å². The summed E-state index contributed by atoms with van der Waals surface area (Å²) in [6, 6.07) is 16.5. The summed E-state index contributed by atoms with van der Waals surface area (Å²) in [6.07, 6.45) is 10.7. The zero-order valence-corrected chi connectivity index (χ0v) is 10.7. The van der Waals surface area contributed by atoms with Gasteiger partial charge in [-0.25, -0.2) is 4.57 Å². The molecule has 0 unspecified atom stereocenters. The van der Waals surface area contributed by atoms with E-state index in [9.17, 15) is 0 Å². The lowest BCUT2D eigenvalue weighted by molar-refractivity contribution is -0.687. The van der Waals surface area contributed by atoms with Gasteiger partial charge in [0.05, 0.1) is 0 Å². The molecule has 2 aromatic rings. The van der Waals surface area contributed by atoms with E-state index in [-0.39, 0.29) is 0 Å². The Morgan fingerprint density at radius 1 is 1.00 bits per heavy atom. The van der Waals surface area contributed by atoms with Gasteiger partial charge in [0.2, 0.25) is 0 Å². The quantitative estimate of drug-likeness (QED) is 0.563. The van der Waals surface area contributed by atoms with Gasteiger partial charge in [-0.1, -0.05) is 48.6 Å². The SMILES string of the molecule is CC(/C=C\c1ccccc1)=C/C[n+]1ccccc1. The average molecular weight is 236 g/mol. The van der Waals surface area contributed by atoms with Crippen molar-refractivity contribution in [3.63, 3.8) is 0 Å². The number of benzene rings is 1. The van der Waals surface area contributed by atoms with Crippen LogP contribution >= 0.6 is 0 Å². The third kappa shape index (κ3) is 4.02. The molecule has 0 spiro atoms. The summed E-state index contributed by atoms with van der Waals surface area (Å²) in [5.41, 5.74) is 2.51. The van der Waals surface area contributed by atoms with Crippen LogP contribution in [-0.2, 0) is 6.54 Å². The van der Waals surface area contributed by atoms with Gasteiger partial charge in [-0.05, 0) is 24.1 Å². The van der Waals surface area contributed by atoms with Crippen LogP contribution in [0.3, 0.4) is 0 Å². The highest BCUT2D eigenvalue weighted by atomic mass is 14.9. The van der Waals surface area contributed by atoms with Gasteiger partial charge in [-0.3, -0.25) is 0 Å². The van der Waals surface area contributed by atoms with E-state index in [1.807, 2.05) is 24.3 Å². The number of nitrogens with zero attached hydrogens (tertiary/aromatic N) is 1. The molecular weight excluding hydrogens is 218 g/mol. The molecule has 1 nitrogen and oxygen atoms in total. The van der Waals surface area contributed by atoms with E-state index < -0.39 is 0 Å². The van der Waals surface area contributed by atoms with Gasteiger partial charge in [0.25, 0.3) is 0 Å². The topological polar surface area (TPSA) is 3.88 Å². The van der Waals surface area contributed by atoms with E-state index in [0.29, 0.717) is 0 Å². The monoisotopic (exact) mass is 236 g/mol. The molecule has 0 N–H and O–H groups in total. The molecule has 1 aromatic carbocycles. The van der Waals surface area contributed by atoms with Gasteiger partial charge in [-0.15, -0.1) is 0 Å². The molecule has 1 heteroatoms. The maximum atomic E-state index is 2.22. The Hall–Kier alpha value is -2.15. The molecule has 18 heavy (non-hydrogen) atoms. The van der Waals surface area contributed by atoms with Crippen molar-refractivity contribution in [3.8, 4) is 0 Å². The lowest BCUT2D eigenvalue weighted by Gasteiger charge is -1.94. The Balaban J connectivity index is 1.96. The number of hydrogen-bond donors (Lipinski definition) is 0. The second-order valence-electron chi connectivity index (χ2n) is 4.26. The molecule has 0 aliphatic heterocycles. The molecule has 0 saturated heterocycles. The third-order valence-electron chi connectivity index (χ3n) is 2.74. The average Bonchev–Trinajstić information content (AvgIpc) is 2.45. The zero-order valence-electron chi connectivity index (χ0n) is 10.7. The van der Waals surface area contributed by atoms with Crippen molar-refractivity contribution >= 4 is 6.08 Å². The highest BCUT2D eigenvalue weighted by Gasteiger charge is 1.93. The molecule has 0 aliphatic carbocycles. The van der Waals surface area contributed by atoms with Crippen molar-refractivity contribution < 1.29 is 4.57 Å². The molecule has 2 rings (SSSR count). The van der Waals surface area contributed by atoms with E-state index in [1.165, 1.54) is 11.1 Å². The fraction of sp³-hybridized carbons (Fsp3) is 0.118. The molecule has 0 amide bonds. The lowest BCUT2D eigenvalue weighted by atomic mass is 10.1. The van der Waals surface area contributed by atoms with E-state index in [4.69, 9.17) is 0 Å². The smallest absolute Gasteiger partial charge is 0.169 e.